The maximum Gasteiger partial charge on any atom is 0.274 e. The molecule has 0 unspecified atom stereocenters. The molecule has 2 amide bonds. The van der Waals surface area contributed by atoms with Crippen LogP contribution in [0.2, 0.25) is 0 Å². The van der Waals surface area contributed by atoms with Crippen LogP contribution < -0.4 is 20.1 Å². The number of anilines is 2. The van der Waals surface area contributed by atoms with Gasteiger partial charge in [-0.25, -0.2) is 4.39 Å². The smallest absolute Gasteiger partial charge is 0.274 e. The summed E-state index contributed by atoms with van der Waals surface area (Å²) in [4.78, 5) is 29.0. The molecule has 0 fully saturated rings. The molecule has 29 heavy (non-hydrogen) atoms. The number of halogens is 1. The number of carbonyl (C=O) groups excluding carboxylic acids is 2. The highest BCUT2D eigenvalue weighted by atomic mass is 19.1. The fourth-order valence-electron chi connectivity index (χ4n) is 2.56. The van der Waals surface area contributed by atoms with Gasteiger partial charge in [-0.3, -0.25) is 14.6 Å². The summed E-state index contributed by atoms with van der Waals surface area (Å²) in [5, 5.41) is 5.26. The molecule has 2 N–H and O–H groups in total. The zero-order chi connectivity index (χ0) is 20.8. The van der Waals surface area contributed by atoms with Gasteiger partial charge in [-0.2, -0.15) is 0 Å². The van der Waals surface area contributed by atoms with E-state index < -0.39 is 17.6 Å². The highest BCUT2D eigenvalue weighted by Gasteiger charge is 2.15. The third kappa shape index (κ3) is 4.86. The van der Waals surface area contributed by atoms with E-state index in [2.05, 4.69) is 15.6 Å². The van der Waals surface area contributed by atoms with Crippen molar-refractivity contribution in [3.8, 4) is 11.5 Å². The summed E-state index contributed by atoms with van der Waals surface area (Å²) in [5.41, 5.74) is 0.931. The second kappa shape index (κ2) is 8.83. The molecule has 0 aliphatic carbocycles. The Hall–Kier alpha value is -3.94. The number of hydrogen-bond donors (Lipinski definition) is 2. The predicted octanol–water partition coefficient (Wildman–Crippen LogP) is 3.74. The van der Waals surface area contributed by atoms with Crippen LogP contribution in [0.15, 0.2) is 60.8 Å². The molecule has 3 aromatic rings. The predicted molar refractivity (Wildman–Crippen MR) is 106 cm³/mol. The number of nitrogens with one attached hydrogen (secondary N) is 2. The second-order valence-electron chi connectivity index (χ2n) is 5.91. The Labute approximate surface area is 166 Å². The van der Waals surface area contributed by atoms with Crippen molar-refractivity contribution >= 4 is 23.2 Å². The van der Waals surface area contributed by atoms with Gasteiger partial charge in [-0.05, 0) is 42.5 Å². The van der Waals surface area contributed by atoms with Crippen molar-refractivity contribution in [2.24, 2.45) is 0 Å². The van der Waals surface area contributed by atoms with E-state index >= 15 is 0 Å². The quantitative estimate of drug-likeness (QED) is 0.664. The summed E-state index contributed by atoms with van der Waals surface area (Å²) in [7, 11) is 3.00. The summed E-state index contributed by atoms with van der Waals surface area (Å²) in [6, 6.07) is 13.3. The molecule has 0 aliphatic heterocycles. The van der Waals surface area contributed by atoms with E-state index in [0.717, 1.165) is 0 Å². The molecule has 2 aromatic carbocycles. The number of amides is 2. The number of pyridine rings is 1. The molecule has 7 nitrogen and oxygen atoms in total. The number of nitrogens with zero attached hydrogens (tertiary/aromatic N) is 1. The van der Waals surface area contributed by atoms with Crippen molar-refractivity contribution in [2.75, 3.05) is 24.9 Å². The lowest BCUT2D eigenvalue weighted by atomic mass is 10.2. The zero-order valence-corrected chi connectivity index (χ0v) is 15.7. The summed E-state index contributed by atoms with van der Waals surface area (Å²) in [6.45, 7) is 0. The Balaban J connectivity index is 1.78. The van der Waals surface area contributed by atoms with Crippen LogP contribution in [0.3, 0.4) is 0 Å². The summed E-state index contributed by atoms with van der Waals surface area (Å²) < 4.78 is 23.7. The number of methoxy groups -OCH3 is 2. The van der Waals surface area contributed by atoms with Crippen LogP contribution in [0.1, 0.15) is 20.8 Å². The number of carbonyl (C=O) groups is 2. The van der Waals surface area contributed by atoms with E-state index in [9.17, 15) is 14.0 Å². The topological polar surface area (TPSA) is 89.6 Å². The first-order valence-corrected chi connectivity index (χ1v) is 8.56. The first-order valence-electron chi connectivity index (χ1n) is 8.56. The molecule has 1 heterocycles. The largest absolute Gasteiger partial charge is 0.497 e. The van der Waals surface area contributed by atoms with Crippen LogP contribution in [0.4, 0.5) is 15.8 Å². The normalized spacial score (nSPS) is 10.2. The van der Waals surface area contributed by atoms with Crippen LogP contribution in [0, 0.1) is 5.82 Å². The van der Waals surface area contributed by atoms with Crippen LogP contribution in [-0.2, 0) is 0 Å². The van der Waals surface area contributed by atoms with Gasteiger partial charge in [0, 0.05) is 23.5 Å². The maximum absolute atomic E-state index is 13.3. The lowest BCUT2D eigenvalue weighted by Gasteiger charge is -2.12. The van der Waals surface area contributed by atoms with Crippen molar-refractivity contribution in [3.63, 3.8) is 0 Å². The van der Waals surface area contributed by atoms with Crippen LogP contribution in [0.5, 0.6) is 11.5 Å². The van der Waals surface area contributed by atoms with Crippen molar-refractivity contribution in [2.45, 2.75) is 0 Å². The van der Waals surface area contributed by atoms with Crippen LogP contribution in [0.25, 0.3) is 0 Å². The molecule has 0 radical (unpaired) electrons. The third-order valence-corrected chi connectivity index (χ3v) is 3.99. The molecule has 148 valence electrons. The Morgan fingerprint density at radius 1 is 0.931 bits per heavy atom. The number of ether oxygens (including phenoxy) is 2. The lowest BCUT2D eigenvalue weighted by Crippen LogP contribution is -2.17. The molecular formula is C21H18FN3O4. The van der Waals surface area contributed by atoms with E-state index in [0.29, 0.717) is 17.2 Å². The zero-order valence-electron chi connectivity index (χ0n) is 15.7. The first kappa shape index (κ1) is 19.8. The van der Waals surface area contributed by atoms with Gasteiger partial charge in [-0.1, -0.05) is 6.07 Å². The van der Waals surface area contributed by atoms with Gasteiger partial charge in [-0.15, -0.1) is 0 Å². The van der Waals surface area contributed by atoms with E-state index in [1.165, 1.54) is 50.7 Å². The number of rotatable bonds is 6. The average molecular weight is 395 g/mol. The highest BCUT2D eigenvalue weighted by molar-refractivity contribution is 6.08. The lowest BCUT2D eigenvalue weighted by molar-refractivity contribution is 0.102. The Morgan fingerprint density at radius 3 is 2.48 bits per heavy atom. The van der Waals surface area contributed by atoms with Crippen molar-refractivity contribution in [1.29, 1.82) is 0 Å². The van der Waals surface area contributed by atoms with Gasteiger partial charge in [0.25, 0.3) is 11.8 Å². The van der Waals surface area contributed by atoms with Crippen LogP contribution >= 0.6 is 0 Å². The van der Waals surface area contributed by atoms with Crippen molar-refractivity contribution < 1.29 is 23.5 Å². The van der Waals surface area contributed by atoms with Crippen LogP contribution in [-0.4, -0.2) is 31.0 Å². The molecule has 0 spiro atoms. The van der Waals surface area contributed by atoms with Gasteiger partial charge in [0.2, 0.25) is 0 Å². The maximum atomic E-state index is 13.3. The summed E-state index contributed by atoms with van der Waals surface area (Å²) >= 11 is 0. The molecule has 0 saturated carbocycles. The van der Waals surface area contributed by atoms with Gasteiger partial charge in [0.05, 0.1) is 19.9 Å². The third-order valence-electron chi connectivity index (χ3n) is 3.99. The minimum Gasteiger partial charge on any atom is -0.497 e. The molecule has 8 heteroatoms. The molecule has 0 bridgehead atoms. The second-order valence-corrected chi connectivity index (χ2v) is 5.91. The van der Waals surface area contributed by atoms with Crippen molar-refractivity contribution in [3.05, 3.63) is 77.9 Å². The molecule has 0 aliphatic rings. The summed E-state index contributed by atoms with van der Waals surface area (Å²) in [6.07, 6.45) is 1.35. The fraction of sp³-hybridized carbons (Fsp3) is 0.0952. The monoisotopic (exact) mass is 395 g/mol. The number of hydrogen-bond acceptors (Lipinski definition) is 5. The molecule has 3 rings (SSSR count). The molecule has 0 saturated heterocycles. The van der Waals surface area contributed by atoms with E-state index in [4.69, 9.17) is 9.47 Å². The van der Waals surface area contributed by atoms with E-state index in [1.807, 2.05) is 0 Å². The Kier molecular flexibility index (Phi) is 6.03. The van der Waals surface area contributed by atoms with Gasteiger partial charge in [0.1, 0.15) is 23.0 Å². The summed E-state index contributed by atoms with van der Waals surface area (Å²) in [5.74, 6) is -0.498. The number of aromatic nitrogens is 1. The van der Waals surface area contributed by atoms with E-state index in [-0.39, 0.29) is 16.9 Å². The first-order chi connectivity index (χ1) is 14.0. The SMILES string of the molecule is COc1ccc(OC)c(NC(=O)c2ccnc(C(=O)Nc3cccc(F)c3)c2)c1. The molecular weight excluding hydrogens is 377 g/mol. The highest BCUT2D eigenvalue weighted by Crippen LogP contribution is 2.29. The van der Waals surface area contributed by atoms with Gasteiger partial charge >= 0.3 is 0 Å². The number of benzene rings is 2. The van der Waals surface area contributed by atoms with Gasteiger partial charge in [0.15, 0.2) is 0 Å². The molecule has 1 aromatic heterocycles. The molecule has 0 atom stereocenters. The average Bonchev–Trinajstić information content (AvgIpc) is 2.73. The van der Waals surface area contributed by atoms with Crippen molar-refractivity contribution in [1.82, 2.24) is 4.98 Å². The standard InChI is InChI=1S/C21H18FN3O4/c1-28-16-6-7-19(29-2)17(12-16)25-20(26)13-8-9-23-18(10-13)21(27)24-15-5-3-4-14(22)11-15/h3-12H,1-2H3,(H,24,27)(H,25,26). The van der Waals surface area contributed by atoms with E-state index in [1.54, 1.807) is 24.3 Å². The Bertz CT molecular complexity index is 1060. The van der Waals surface area contributed by atoms with Gasteiger partial charge < -0.3 is 20.1 Å². The fourth-order valence-corrected chi connectivity index (χ4v) is 2.56. The Morgan fingerprint density at radius 2 is 1.76 bits per heavy atom. The minimum absolute atomic E-state index is 0.0134. The minimum atomic E-state index is -0.566.